The van der Waals surface area contributed by atoms with Gasteiger partial charge in [-0.2, -0.15) is 0 Å². The average molecular weight is 346 g/mol. The van der Waals surface area contributed by atoms with Crippen molar-refractivity contribution in [2.24, 2.45) is 0 Å². The molecule has 1 N–H and O–H groups in total. The maximum atomic E-state index is 12.4. The molecule has 0 spiro atoms. The zero-order chi connectivity index (χ0) is 15.6. The minimum absolute atomic E-state index is 0.0126. The van der Waals surface area contributed by atoms with Crippen molar-refractivity contribution in [1.82, 2.24) is 5.32 Å². The van der Waals surface area contributed by atoms with Gasteiger partial charge in [-0.15, -0.1) is 0 Å². The van der Waals surface area contributed by atoms with Gasteiger partial charge in [-0.25, -0.2) is 0 Å². The summed E-state index contributed by atoms with van der Waals surface area (Å²) in [5.74, 6) is -0.0426. The zero-order valence-corrected chi connectivity index (χ0v) is 14.4. The Bertz CT molecular complexity index is 679. The molecule has 110 valence electrons. The van der Waals surface area contributed by atoms with Crippen LogP contribution in [0.3, 0.4) is 0 Å². The summed E-state index contributed by atoms with van der Waals surface area (Å²) in [5, 5.41) is 3.07. The lowest BCUT2D eigenvalue weighted by atomic mass is 9.99. The molecule has 2 aromatic rings. The van der Waals surface area contributed by atoms with E-state index in [1.165, 1.54) is 11.1 Å². The molecule has 2 nitrogen and oxygen atoms in total. The third kappa shape index (κ3) is 3.73. The second-order valence-corrected chi connectivity index (χ2v) is 6.37. The van der Waals surface area contributed by atoms with E-state index >= 15 is 0 Å². The molecule has 1 unspecified atom stereocenters. The molecule has 0 saturated heterocycles. The van der Waals surface area contributed by atoms with E-state index in [1.54, 1.807) is 0 Å². The van der Waals surface area contributed by atoms with Gasteiger partial charge in [-0.3, -0.25) is 4.79 Å². The van der Waals surface area contributed by atoms with Gasteiger partial charge in [-0.1, -0.05) is 39.7 Å². The molecule has 1 amide bonds. The Morgan fingerprint density at radius 1 is 1.05 bits per heavy atom. The first-order valence-electron chi connectivity index (χ1n) is 7.02. The van der Waals surface area contributed by atoms with Crippen molar-refractivity contribution in [3.63, 3.8) is 0 Å². The molecule has 0 heterocycles. The van der Waals surface area contributed by atoms with Crippen molar-refractivity contribution in [2.45, 2.75) is 33.7 Å². The van der Waals surface area contributed by atoms with E-state index in [0.717, 1.165) is 15.6 Å². The highest BCUT2D eigenvalue weighted by molar-refractivity contribution is 9.10. The Hall–Kier alpha value is -1.61. The molecular weight excluding hydrogens is 326 g/mol. The number of nitrogens with one attached hydrogen (secondary N) is 1. The van der Waals surface area contributed by atoms with Crippen LogP contribution in [0, 0.1) is 20.8 Å². The van der Waals surface area contributed by atoms with Gasteiger partial charge >= 0.3 is 0 Å². The number of aryl methyl sites for hydroxylation is 3. The van der Waals surface area contributed by atoms with Crippen LogP contribution in [0.25, 0.3) is 0 Å². The Kier molecular flexibility index (Phi) is 4.84. The summed E-state index contributed by atoms with van der Waals surface area (Å²) in [6, 6.07) is 11.9. The van der Waals surface area contributed by atoms with E-state index in [0.29, 0.717) is 5.56 Å². The van der Waals surface area contributed by atoms with Gasteiger partial charge in [0, 0.05) is 10.0 Å². The van der Waals surface area contributed by atoms with E-state index in [4.69, 9.17) is 0 Å². The third-order valence-electron chi connectivity index (χ3n) is 3.67. The van der Waals surface area contributed by atoms with Gasteiger partial charge in [0.25, 0.3) is 5.91 Å². The number of carbonyl (C=O) groups is 1. The molecule has 0 radical (unpaired) electrons. The molecule has 0 aromatic heterocycles. The van der Waals surface area contributed by atoms with Gasteiger partial charge in [0.05, 0.1) is 6.04 Å². The zero-order valence-electron chi connectivity index (χ0n) is 12.8. The minimum Gasteiger partial charge on any atom is -0.346 e. The number of carbonyl (C=O) groups excluding carboxylic acids is 1. The number of hydrogen-bond donors (Lipinski definition) is 1. The molecule has 0 aliphatic carbocycles. The van der Waals surface area contributed by atoms with Crippen molar-refractivity contribution in [3.05, 3.63) is 68.7 Å². The van der Waals surface area contributed by atoms with Crippen molar-refractivity contribution in [2.75, 3.05) is 0 Å². The fourth-order valence-corrected chi connectivity index (χ4v) is 2.62. The van der Waals surface area contributed by atoms with Gasteiger partial charge in [0.2, 0.25) is 0 Å². The fraction of sp³-hybridized carbons (Fsp3) is 0.278. The lowest BCUT2D eigenvalue weighted by molar-refractivity contribution is 0.0939. The second kappa shape index (κ2) is 6.44. The van der Waals surface area contributed by atoms with E-state index in [1.807, 2.05) is 32.0 Å². The summed E-state index contributed by atoms with van der Waals surface area (Å²) in [6.45, 7) is 8.14. The van der Waals surface area contributed by atoms with Crippen molar-refractivity contribution < 1.29 is 4.79 Å². The molecule has 3 heteroatoms. The van der Waals surface area contributed by atoms with Gasteiger partial charge < -0.3 is 5.32 Å². The van der Waals surface area contributed by atoms with Crippen LogP contribution in [0.2, 0.25) is 0 Å². The summed E-state index contributed by atoms with van der Waals surface area (Å²) < 4.78 is 1.02. The summed E-state index contributed by atoms with van der Waals surface area (Å²) in [5.41, 5.74) is 5.31. The molecule has 21 heavy (non-hydrogen) atoms. The van der Waals surface area contributed by atoms with Crippen molar-refractivity contribution in [3.8, 4) is 0 Å². The quantitative estimate of drug-likeness (QED) is 0.844. The predicted octanol–water partition coefficient (Wildman–Crippen LogP) is 4.87. The van der Waals surface area contributed by atoms with Crippen LogP contribution < -0.4 is 5.32 Å². The molecular formula is C18H20BrNO. The van der Waals surface area contributed by atoms with E-state index in [-0.39, 0.29) is 11.9 Å². The molecule has 0 aliphatic rings. The van der Waals surface area contributed by atoms with Crippen molar-refractivity contribution >= 4 is 21.8 Å². The normalized spacial score (nSPS) is 12.0. The van der Waals surface area contributed by atoms with E-state index in [2.05, 4.69) is 53.3 Å². The maximum absolute atomic E-state index is 12.4. The van der Waals surface area contributed by atoms with Crippen LogP contribution in [0.5, 0.6) is 0 Å². The Morgan fingerprint density at radius 3 is 2.43 bits per heavy atom. The van der Waals surface area contributed by atoms with Gasteiger partial charge in [-0.05, 0) is 62.6 Å². The highest BCUT2D eigenvalue weighted by atomic mass is 79.9. The number of benzene rings is 2. The Morgan fingerprint density at radius 2 is 1.76 bits per heavy atom. The van der Waals surface area contributed by atoms with Crippen LogP contribution in [0.4, 0.5) is 0 Å². The van der Waals surface area contributed by atoms with Crippen LogP contribution in [-0.4, -0.2) is 5.91 Å². The fourth-order valence-electron chi connectivity index (χ4n) is 2.37. The Balaban J connectivity index is 2.18. The third-order valence-corrected chi connectivity index (χ3v) is 4.56. The standard InChI is InChI=1S/C18H20BrNO/c1-11-5-6-12(2)16(9-11)14(4)20-18(21)15-7-8-17(19)13(3)10-15/h5-10,14H,1-4H3,(H,20,21). The summed E-state index contributed by atoms with van der Waals surface area (Å²) in [7, 11) is 0. The first-order valence-corrected chi connectivity index (χ1v) is 7.82. The number of amides is 1. The van der Waals surface area contributed by atoms with Crippen LogP contribution in [0.1, 0.15) is 45.6 Å². The lowest BCUT2D eigenvalue weighted by Crippen LogP contribution is -2.27. The molecule has 2 aromatic carbocycles. The highest BCUT2D eigenvalue weighted by Gasteiger charge is 2.14. The molecule has 0 saturated carbocycles. The van der Waals surface area contributed by atoms with Crippen LogP contribution >= 0.6 is 15.9 Å². The molecule has 0 aliphatic heterocycles. The number of halogens is 1. The summed E-state index contributed by atoms with van der Waals surface area (Å²) in [4.78, 5) is 12.4. The smallest absolute Gasteiger partial charge is 0.251 e. The monoisotopic (exact) mass is 345 g/mol. The van der Waals surface area contributed by atoms with E-state index in [9.17, 15) is 4.79 Å². The molecule has 0 bridgehead atoms. The predicted molar refractivity (Wildman–Crippen MR) is 90.7 cm³/mol. The molecule has 1 atom stereocenters. The van der Waals surface area contributed by atoms with Gasteiger partial charge in [0.1, 0.15) is 0 Å². The highest BCUT2D eigenvalue weighted by Crippen LogP contribution is 2.21. The van der Waals surface area contributed by atoms with E-state index < -0.39 is 0 Å². The topological polar surface area (TPSA) is 29.1 Å². The maximum Gasteiger partial charge on any atom is 0.251 e. The van der Waals surface area contributed by atoms with Crippen LogP contribution in [-0.2, 0) is 0 Å². The largest absolute Gasteiger partial charge is 0.346 e. The first kappa shape index (κ1) is 15.8. The number of hydrogen-bond acceptors (Lipinski definition) is 1. The molecule has 0 fully saturated rings. The van der Waals surface area contributed by atoms with Crippen molar-refractivity contribution in [1.29, 1.82) is 0 Å². The average Bonchev–Trinajstić information content (AvgIpc) is 2.44. The second-order valence-electron chi connectivity index (χ2n) is 5.52. The number of rotatable bonds is 3. The lowest BCUT2D eigenvalue weighted by Gasteiger charge is -2.17. The van der Waals surface area contributed by atoms with Crippen LogP contribution in [0.15, 0.2) is 40.9 Å². The van der Waals surface area contributed by atoms with Gasteiger partial charge in [0.15, 0.2) is 0 Å². The minimum atomic E-state index is -0.0426. The first-order chi connectivity index (χ1) is 9.88. The SMILES string of the molecule is Cc1ccc(C)c(C(C)NC(=O)c2ccc(Br)c(C)c2)c1. The summed E-state index contributed by atoms with van der Waals surface area (Å²) >= 11 is 3.45. The summed E-state index contributed by atoms with van der Waals surface area (Å²) in [6.07, 6.45) is 0. The Labute approximate surface area is 134 Å². The molecule has 2 rings (SSSR count).